The zero-order valence-electron chi connectivity index (χ0n) is 17.5. The Labute approximate surface area is 175 Å². The summed E-state index contributed by atoms with van der Waals surface area (Å²) in [7, 11) is 5.38. The van der Waals surface area contributed by atoms with E-state index >= 15 is 0 Å². The Morgan fingerprint density at radius 1 is 1.17 bits per heavy atom. The van der Waals surface area contributed by atoms with Crippen LogP contribution >= 0.6 is 0 Å². The van der Waals surface area contributed by atoms with Crippen molar-refractivity contribution in [3.63, 3.8) is 0 Å². The van der Waals surface area contributed by atoms with E-state index in [0.29, 0.717) is 17.9 Å². The molecule has 1 aromatic rings. The van der Waals surface area contributed by atoms with Crippen molar-refractivity contribution >= 4 is 7.85 Å². The zero-order chi connectivity index (χ0) is 21.7. The summed E-state index contributed by atoms with van der Waals surface area (Å²) in [6, 6.07) is 7.80. The first kappa shape index (κ1) is 25.0. The highest BCUT2D eigenvalue weighted by atomic mass is 16.5. The maximum atomic E-state index is 9.48. The molecule has 0 bridgehead atoms. The van der Waals surface area contributed by atoms with Crippen LogP contribution < -0.4 is 4.74 Å². The third kappa shape index (κ3) is 9.84. The van der Waals surface area contributed by atoms with E-state index in [2.05, 4.69) is 20.4 Å². The molecule has 2 atom stereocenters. The van der Waals surface area contributed by atoms with Gasteiger partial charge in [0.25, 0.3) is 0 Å². The summed E-state index contributed by atoms with van der Waals surface area (Å²) >= 11 is 0. The lowest BCUT2D eigenvalue weighted by atomic mass is 9.81. The summed E-state index contributed by atoms with van der Waals surface area (Å²) in [6.07, 6.45) is 7.57. The van der Waals surface area contributed by atoms with Gasteiger partial charge in [-0.25, -0.2) is 0 Å². The van der Waals surface area contributed by atoms with E-state index in [9.17, 15) is 10.2 Å². The van der Waals surface area contributed by atoms with Gasteiger partial charge < -0.3 is 24.8 Å². The Kier molecular flexibility index (Phi) is 11.4. The third-order valence-electron chi connectivity index (χ3n) is 4.40. The van der Waals surface area contributed by atoms with Gasteiger partial charge in [0.1, 0.15) is 30.8 Å². The van der Waals surface area contributed by atoms with Crippen LogP contribution in [0.4, 0.5) is 0 Å². The van der Waals surface area contributed by atoms with Gasteiger partial charge in [-0.05, 0) is 48.1 Å². The normalized spacial score (nSPS) is 14.6. The van der Waals surface area contributed by atoms with E-state index in [-0.39, 0.29) is 31.6 Å². The molecule has 158 valence electrons. The van der Waals surface area contributed by atoms with Gasteiger partial charge in [0.15, 0.2) is 0 Å². The van der Waals surface area contributed by atoms with Gasteiger partial charge in [0.2, 0.25) is 0 Å². The molecule has 0 fully saturated rings. The average molecular weight is 400 g/mol. The molecule has 3 N–H and O–H groups in total. The van der Waals surface area contributed by atoms with Crippen molar-refractivity contribution in [2.75, 3.05) is 19.8 Å². The molecule has 29 heavy (non-hydrogen) atoms. The Morgan fingerprint density at radius 2 is 1.86 bits per heavy atom. The van der Waals surface area contributed by atoms with Crippen LogP contribution in [0.2, 0.25) is 6.32 Å². The molecule has 1 rings (SSSR count). The maximum absolute atomic E-state index is 9.48. The van der Waals surface area contributed by atoms with Crippen molar-refractivity contribution in [3.8, 4) is 5.75 Å². The van der Waals surface area contributed by atoms with E-state index in [1.165, 1.54) is 0 Å². The van der Waals surface area contributed by atoms with Crippen LogP contribution in [0.5, 0.6) is 5.75 Å². The molecule has 0 aliphatic carbocycles. The summed E-state index contributed by atoms with van der Waals surface area (Å²) in [5.41, 5.74) is 1.04. The van der Waals surface area contributed by atoms with Gasteiger partial charge in [-0.2, -0.15) is 0 Å². The lowest BCUT2D eigenvalue weighted by molar-refractivity contribution is 0.0327. The van der Waals surface area contributed by atoms with Gasteiger partial charge in [0, 0.05) is 0 Å². The molecule has 0 amide bonds. The summed E-state index contributed by atoms with van der Waals surface area (Å²) in [4.78, 5) is 0. The fraction of sp³-hybridized carbons (Fsp3) is 0.478. The molecule has 6 heteroatoms. The van der Waals surface area contributed by atoms with Crippen molar-refractivity contribution < 1.29 is 24.8 Å². The van der Waals surface area contributed by atoms with Crippen molar-refractivity contribution in [1.82, 2.24) is 0 Å². The molecule has 2 radical (unpaired) electrons. The molecule has 5 nitrogen and oxygen atoms in total. The molecule has 2 unspecified atom stereocenters. The SMILES string of the molecule is [B]CC(O)COc1ccc(C(C)(C)C/C=C\C(=C/CC=C)OCC(O)CO)cc1. The first-order valence-electron chi connectivity index (χ1n) is 9.83. The predicted octanol–water partition coefficient (Wildman–Crippen LogP) is 3.07. The number of hydrogen-bond donors (Lipinski definition) is 3. The first-order valence-corrected chi connectivity index (χ1v) is 9.83. The Hall–Kier alpha value is -2.02. The molecule has 0 spiro atoms. The number of benzene rings is 1. The fourth-order valence-corrected chi connectivity index (χ4v) is 2.47. The Morgan fingerprint density at radius 3 is 2.45 bits per heavy atom. The maximum Gasteiger partial charge on any atom is 0.119 e. The first-order chi connectivity index (χ1) is 13.8. The lowest BCUT2D eigenvalue weighted by Crippen LogP contribution is -2.19. The summed E-state index contributed by atoms with van der Waals surface area (Å²) < 4.78 is 11.1. The zero-order valence-corrected chi connectivity index (χ0v) is 17.5. The molecular formula is C23H33BO5. The van der Waals surface area contributed by atoms with Crippen LogP contribution in [0.3, 0.4) is 0 Å². The summed E-state index contributed by atoms with van der Waals surface area (Å²) in [5.74, 6) is 1.33. The standard InChI is InChI=1S/C23H33BO5/c1-4-5-7-21(29-17-20(27)15-25)8-6-13-23(2,3)18-9-11-22(12-10-18)28-16-19(26)14-24/h4,6-12,19-20,25-27H,1,5,13-17H2,2-3H3/b8-6-,21-7+. The van der Waals surface area contributed by atoms with Crippen molar-refractivity contribution in [1.29, 1.82) is 0 Å². The summed E-state index contributed by atoms with van der Waals surface area (Å²) in [5, 5.41) is 27.9. The second-order valence-corrected chi connectivity index (χ2v) is 7.49. The van der Waals surface area contributed by atoms with E-state index < -0.39 is 12.2 Å². The minimum Gasteiger partial charge on any atom is -0.491 e. The topological polar surface area (TPSA) is 79.2 Å². The molecular weight excluding hydrogens is 367 g/mol. The number of aliphatic hydroxyl groups is 3. The lowest BCUT2D eigenvalue weighted by Gasteiger charge is -2.24. The van der Waals surface area contributed by atoms with Gasteiger partial charge in [-0.3, -0.25) is 0 Å². The van der Waals surface area contributed by atoms with Crippen LogP contribution in [0.15, 0.2) is 60.9 Å². The molecule has 0 saturated heterocycles. The van der Waals surface area contributed by atoms with Gasteiger partial charge in [-0.1, -0.05) is 44.5 Å². The van der Waals surface area contributed by atoms with E-state index in [4.69, 9.17) is 22.4 Å². The molecule has 1 aromatic carbocycles. The van der Waals surface area contributed by atoms with Gasteiger partial charge in [0.05, 0.1) is 20.6 Å². The van der Waals surface area contributed by atoms with Crippen LogP contribution in [-0.4, -0.2) is 55.2 Å². The van der Waals surface area contributed by atoms with Crippen LogP contribution in [0, 0.1) is 0 Å². The predicted molar refractivity (Wildman–Crippen MR) is 117 cm³/mol. The third-order valence-corrected chi connectivity index (χ3v) is 4.40. The Bertz CT molecular complexity index is 652. The fourth-order valence-electron chi connectivity index (χ4n) is 2.47. The summed E-state index contributed by atoms with van der Waals surface area (Å²) in [6.45, 7) is 7.86. The second kappa shape index (κ2) is 13.3. The van der Waals surface area contributed by atoms with Crippen molar-refractivity contribution in [2.45, 2.75) is 50.6 Å². The number of ether oxygens (including phenoxy) is 2. The van der Waals surface area contributed by atoms with E-state index in [0.717, 1.165) is 12.0 Å². The molecule has 0 heterocycles. The largest absolute Gasteiger partial charge is 0.491 e. The smallest absolute Gasteiger partial charge is 0.119 e. The highest BCUT2D eigenvalue weighted by molar-refractivity contribution is 6.08. The van der Waals surface area contributed by atoms with Gasteiger partial charge in [-0.15, -0.1) is 6.58 Å². The monoisotopic (exact) mass is 400 g/mol. The highest BCUT2D eigenvalue weighted by Gasteiger charge is 2.19. The molecule has 0 aliphatic rings. The van der Waals surface area contributed by atoms with E-state index in [1.807, 2.05) is 42.5 Å². The van der Waals surface area contributed by atoms with Crippen LogP contribution in [0.1, 0.15) is 32.3 Å². The Balaban J connectivity index is 2.69. The molecule has 0 aromatic heterocycles. The average Bonchev–Trinajstić information content (AvgIpc) is 2.73. The van der Waals surface area contributed by atoms with Crippen LogP contribution in [0.25, 0.3) is 0 Å². The second-order valence-electron chi connectivity index (χ2n) is 7.49. The minimum atomic E-state index is -0.904. The quantitative estimate of drug-likeness (QED) is 0.194. The minimum absolute atomic E-state index is 0.0352. The van der Waals surface area contributed by atoms with Crippen molar-refractivity contribution in [2.24, 2.45) is 0 Å². The number of rotatable bonds is 14. The highest BCUT2D eigenvalue weighted by Crippen LogP contribution is 2.29. The molecule has 0 aliphatic heterocycles. The van der Waals surface area contributed by atoms with Crippen molar-refractivity contribution in [3.05, 3.63) is 66.5 Å². The van der Waals surface area contributed by atoms with Crippen LogP contribution in [-0.2, 0) is 10.2 Å². The number of aliphatic hydroxyl groups excluding tert-OH is 3. The molecule has 0 saturated carbocycles. The number of hydrogen-bond acceptors (Lipinski definition) is 5. The van der Waals surface area contributed by atoms with E-state index in [1.54, 1.807) is 6.08 Å². The van der Waals surface area contributed by atoms with Gasteiger partial charge >= 0.3 is 0 Å². The number of allylic oxidation sites excluding steroid dienone is 4.